The molecule has 0 unspecified atom stereocenters. The van der Waals surface area contributed by atoms with Crippen LogP contribution in [0.3, 0.4) is 0 Å². The number of hydrogen-bond donors (Lipinski definition) is 1. The lowest BCUT2D eigenvalue weighted by atomic mass is 10.2. The predicted molar refractivity (Wildman–Crippen MR) is 99.5 cm³/mol. The molecule has 1 amide bonds. The highest BCUT2D eigenvalue weighted by atomic mass is 32.2. The third-order valence-corrected chi connectivity index (χ3v) is 6.96. The van der Waals surface area contributed by atoms with Crippen LogP contribution in [-0.4, -0.2) is 69.0 Å². The standard InChI is InChI=1S/C18H27N3O4S/c1-15(20-11-13-25-14-12-20)18(22)19-16-5-7-17(8-6-16)26(23,24)21-9-3-2-4-10-21/h5-8,15H,2-4,9-14H2,1H3,(H,19,22)/t15-/m0/s1. The normalized spacial score (nSPS) is 21.3. The number of amides is 1. The minimum absolute atomic E-state index is 0.0986. The van der Waals surface area contributed by atoms with Crippen molar-refractivity contribution < 1.29 is 17.9 Å². The Morgan fingerprint density at radius 1 is 1.04 bits per heavy atom. The molecule has 0 bridgehead atoms. The van der Waals surface area contributed by atoms with Crippen LogP contribution in [0.4, 0.5) is 5.69 Å². The number of carbonyl (C=O) groups is 1. The fourth-order valence-electron chi connectivity index (χ4n) is 3.34. The second-order valence-corrected chi connectivity index (χ2v) is 8.74. The molecule has 2 heterocycles. The summed E-state index contributed by atoms with van der Waals surface area (Å²) < 4.78 is 32.2. The third-order valence-electron chi connectivity index (χ3n) is 5.05. The van der Waals surface area contributed by atoms with Crippen LogP contribution in [0.1, 0.15) is 26.2 Å². The lowest BCUT2D eigenvalue weighted by Gasteiger charge is -2.31. The minimum Gasteiger partial charge on any atom is -0.379 e. The molecule has 1 aromatic rings. The van der Waals surface area contributed by atoms with E-state index in [0.717, 1.165) is 32.4 Å². The van der Waals surface area contributed by atoms with Crippen molar-refractivity contribution in [2.75, 3.05) is 44.7 Å². The van der Waals surface area contributed by atoms with E-state index in [-0.39, 0.29) is 16.8 Å². The van der Waals surface area contributed by atoms with Crippen LogP contribution in [0.2, 0.25) is 0 Å². The quantitative estimate of drug-likeness (QED) is 0.837. The van der Waals surface area contributed by atoms with Gasteiger partial charge >= 0.3 is 0 Å². The van der Waals surface area contributed by atoms with Gasteiger partial charge in [0.1, 0.15) is 0 Å². The topological polar surface area (TPSA) is 79.0 Å². The molecule has 2 aliphatic rings. The van der Waals surface area contributed by atoms with Gasteiger partial charge < -0.3 is 10.1 Å². The Morgan fingerprint density at radius 3 is 2.27 bits per heavy atom. The first-order chi connectivity index (χ1) is 12.5. The van der Waals surface area contributed by atoms with Crippen LogP contribution >= 0.6 is 0 Å². The molecule has 1 aromatic carbocycles. The van der Waals surface area contributed by atoms with E-state index in [1.54, 1.807) is 28.6 Å². The number of rotatable bonds is 5. The van der Waals surface area contributed by atoms with Gasteiger partial charge in [-0.15, -0.1) is 0 Å². The van der Waals surface area contributed by atoms with Crippen LogP contribution in [0.25, 0.3) is 0 Å². The molecule has 8 heteroatoms. The fraction of sp³-hybridized carbons (Fsp3) is 0.611. The molecule has 144 valence electrons. The summed E-state index contributed by atoms with van der Waals surface area (Å²) in [5.41, 5.74) is 0.604. The summed E-state index contributed by atoms with van der Waals surface area (Å²) in [7, 11) is -3.44. The molecular weight excluding hydrogens is 354 g/mol. The summed E-state index contributed by atoms with van der Waals surface area (Å²) in [6, 6.07) is 6.19. The Kier molecular flexibility index (Phi) is 6.29. The van der Waals surface area contributed by atoms with Gasteiger partial charge in [-0.3, -0.25) is 9.69 Å². The number of hydrogen-bond acceptors (Lipinski definition) is 5. The Bertz CT molecular complexity index is 708. The Balaban J connectivity index is 1.62. The molecule has 0 aromatic heterocycles. The van der Waals surface area contributed by atoms with Gasteiger partial charge in [-0.2, -0.15) is 4.31 Å². The van der Waals surface area contributed by atoms with E-state index in [1.165, 1.54) is 0 Å². The largest absolute Gasteiger partial charge is 0.379 e. The lowest BCUT2D eigenvalue weighted by molar-refractivity contribution is -0.122. The fourth-order valence-corrected chi connectivity index (χ4v) is 4.86. The van der Waals surface area contributed by atoms with Gasteiger partial charge in [0.25, 0.3) is 0 Å². The second-order valence-electron chi connectivity index (χ2n) is 6.80. The number of benzene rings is 1. The van der Waals surface area contributed by atoms with Crippen molar-refractivity contribution in [3.8, 4) is 0 Å². The van der Waals surface area contributed by atoms with Crippen molar-refractivity contribution in [3.63, 3.8) is 0 Å². The Morgan fingerprint density at radius 2 is 1.65 bits per heavy atom. The molecule has 0 saturated carbocycles. The summed E-state index contributed by atoms with van der Waals surface area (Å²) in [6.45, 7) is 5.79. The molecule has 1 N–H and O–H groups in total. The smallest absolute Gasteiger partial charge is 0.243 e. The monoisotopic (exact) mass is 381 g/mol. The van der Waals surface area contributed by atoms with Gasteiger partial charge in [0.05, 0.1) is 24.2 Å². The number of ether oxygens (including phenoxy) is 1. The van der Waals surface area contributed by atoms with E-state index >= 15 is 0 Å². The van der Waals surface area contributed by atoms with Crippen LogP contribution in [0.5, 0.6) is 0 Å². The first kappa shape index (κ1) is 19.3. The molecule has 2 fully saturated rings. The summed E-state index contributed by atoms with van der Waals surface area (Å²) in [5, 5.41) is 2.87. The first-order valence-corrected chi connectivity index (χ1v) is 10.7. The van der Waals surface area contributed by atoms with Crippen LogP contribution in [0, 0.1) is 0 Å². The van der Waals surface area contributed by atoms with Crippen molar-refractivity contribution in [3.05, 3.63) is 24.3 Å². The molecule has 0 aliphatic carbocycles. The van der Waals surface area contributed by atoms with Gasteiger partial charge in [0.15, 0.2) is 0 Å². The number of anilines is 1. The third kappa shape index (κ3) is 4.43. The maximum atomic E-state index is 12.7. The van der Waals surface area contributed by atoms with E-state index in [0.29, 0.717) is 32.0 Å². The zero-order valence-electron chi connectivity index (χ0n) is 15.2. The zero-order chi connectivity index (χ0) is 18.6. The van der Waals surface area contributed by atoms with Crippen LogP contribution in [-0.2, 0) is 19.6 Å². The highest BCUT2D eigenvalue weighted by molar-refractivity contribution is 7.89. The summed E-state index contributed by atoms with van der Waals surface area (Å²) in [5.74, 6) is -0.0986. The van der Waals surface area contributed by atoms with E-state index in [9.17, 15) is 13.2 Å². The minimum atomic E-state index is -3.44. The van der Waals surface area contributed by atoms with Crippen LogP contribution in [0.15, 0.2) is 29.2 Å². The van der Waals surface area contributed by atoms with E-state index < -0.39 is 10.0 Å². The summed E-state index contributed by atoms with van der Waals surface area (Å²) >= 11 is 0. The van der Waals surface area contributed by atoms with Crippen molar-refractivity contribution in [2.45, 2.75) is 37.1 Å². The summed E-state index contributed by atoms with van der Waals surface area (Å²) in [4.78, 5) is 14.8. The molecule has 0 radical (unpaired) electrons. The molecule has 0 spiro atoms. The first-order valence-electron chi connectivity index (χ1n) is 9.21. The molecule has 7 nitrogen and oxygen atoms in total. The van der Waals surface area contributed by atoms with Crippen molar-refractivity contribution >= 4 is 21.6 Å². The number of morpholine rings is 1. The molecule has 3 rings (SSSR count). The SMILES string of the molecule is C[C@@H](C(=O)Nc1ccc(S(=O)(=O)N2CCCCC2)cc1)N1CCOCC1. The number of carbonyl (C=O) groups excluding carboxylic acids is 1. The van der Waals surface area contributed by atoms with Gasteiger partial charge in [-0.1, -0.05) is 6.42 Å². The number of piperidine rings is 1. The van der Waals surface area contributed by atoms with Gasteiger partial charge in [-0.05, 0) is 44.0 Å². The average molecular weight is 381 g/mol. The van der Waals surface area contributed by atoms with E-state index in [1.807, 2.05) is 6.92 Å². The predicted octanol–water partition coefficient (Wildman–Crippen LogP) is 1.52. The summed E-state index contributed by atoms with van der Waals surface area (Å²) in [6.07, 6.45) is 2.90. The van der Waals surface area contributed by atoms with Crippen molar-refractivity contribution in [2.24, 2.45) is 0 Å². The van der Waals surface area contributed by atoms with Crippen molar-refractivity contribution in [1.29, 1.82) is 0 Å². The molecule has 26 heavy (non-hydrogen) atoms. The Hall–Kier alpha value is -1.48. The number of sulfonamides is 1. The highest BCUT2D eigenvalue weighted by Crippen LogP contribution is 2.22. The number of nitrogens with one attached hydrogen (secondary N) is 1. The molecular formula is C18H27N3O4S. The van der Waals surface area contributed by atoms with Crippen molar-refractivity contribution in [1.82, 2.24) is 9.21 Å². The van der Waals surface area contributed by atoms with E-state index in [4.69, 9.17) is 4.74 Å². The van der Waals surface area contributed by atoms with Gasteiger partial charge in [-0.25, -0.2) is 8.42 Å². The number of nitrogens with zero attached hydrogens (tertiary/aromatic N) is 2. The van der Waals surface area contributed by atoms with Crippen LogP contribution < -0.4 is 5.32 Å². The maximum Gasteiger partial charge on any atom is 0.243 e. The molecule has 2 aliphatic heterocycles. The lowest BCUT2D eigenvalue weighted by Crippen LogP contribution is -2.47. The molecule has 1 atom stereocenters. The Labute approximate surface area is 155 Å². The highest BCUT2D eigenvalue weighted by Gasteiger charge is 2.26. The van der Waals surface area contributed by atoms with Gasteiger partial charge in [0, 0.05) is 31.9 Å². The van der Waals surface area contributed by atoms with E-state index in [2.05, 4.69) is 10.2 Å². The molecule has 2 saturated heterocycles. The van der Waals surface area contributed by atoms with Gasteiger partial charge in [0.2, 0.25) is 15.9 Å². The zero-order valence-corrected chi connectivity index (χ0v) is 16.0. The second kappa shape index (κ2) is 8.47. The average Bonchev–Trinajstić information content (AvgIpc) is 2.69. The maximum absolute atomic E-state index is 12.7.